The van der Waals surface area contributed by atoms with E-state index in [1.54, 1.807) is 110 Å². The van der Waals surface area contributed by atoms with Gasteiger partial charge in [-0.1, -0.05) is 71.2 Å². The fraction of sp³-hybridized carbons (Fsp3) is 0.0645. The Bertz CT molecular complexity index is 1600. The fourth-order valence-corrected chi connectivity index (χ4v) is 5.03. The molecule has 0 aromatic heterocycles. The van der Waals surface area contributed by atoms with E-state index in [-0.39, 0.29) is 16.6 Å². The number of anilines is 2. The van der Waals surface area contributed by atoms with Crippen LogP contribution in [0.25, 0.3) is 6.08 Å². The Labute approximate surface area is 257 Å². The van der Waals surface area contributed by atoms with Gasteiger partial charge in [-0.15, -0.1) is 11.8 Å². The molecule has 4 rings (SSSR count). The van der Waals surface area contributed by atoms with Gasteiger partial charge in [0.1, 0.15) is 5.70 Å². The number of benzene rings is 4. The molecule has 41 heavy (non-hydrogen) atoms. The largest absolute Gasteiger partial charge is 0.324 e. The third-order valence-corrected chi connectivity index (χ3v) is 7.86. The quantitative estimate of drug-likeness (QED) is 0.129. The van der Waals surface area contributed by atoms with Crippen LogP contribution < -0.4 is 16.0 Å². The van der Waals surface area contributed by atoms with Crippen LogP contribution in [0, 0.1) is 0 Å². The molecule has 10 heteroatoms. The van der Waals surface area contributed by atoms with Crippen molar-refractivity contribution in [1.29, 1.82) is 0 Å². The second-order valence-electron chi connectivity index (χ2n) is 8.76. The van der Waals surface area contributed by atoms with Gasteiger partial charge in [-0.25, -0.2) is 0 Å². The highest BCUT2D eigenvalue weighted by atomic mass is 35.5. The van der Waals surface area contributed by atoms with E-state index < -0.39 is 17.1 Å². The number of halogens is 3. The highest BCUT2D eigenvalue weighted by molar-refractivity contribution is 8.00. The maximum Gasteiger partial charge on any atom is 0.272 e. The minimum absolute atomic E-state index is 0.0459. The first-order valence-electron chi connectivity index (χ1n) is 12.4. The monoisotopic (exact) mass is 623 g/mol. The van der Waals surface area contributed by atoms with Crippen LogP contribution in [0.4, 0.5) is 11.4 Å². The van der Waals surface area contributed by atoms with Crippen molar-refractivity contribution < 1.29 is 14.4 Å². The summed E-state index contributed by atoms with van der Waals surface area (Å²) in [5.74, 6) is -1.17. The summed E-state index contributed by atoms with van der Waals surface area (Å²) < 4.78 is 0. The summed E-state index contributed by atoms with van der Waals surface area (Å²) in [5, 5.41) is 9.00. The number of thioether (sulfide) groups is 1. The molecule has 208 valence electrons. The summed E-state index contributed by atoms with van der Waals surface area (Å²) in [7, 11) is 0. The number of carbonyl (C=O) groups is 3. The Morgan fingerprint density at radius 2 is 1.51 bits per heavy atom. The number of amides is 3. The lowest BCUT2D eigenvalue weighted by Crippen LogP contribution is -2.30. The van der Waals surface area contributed by atoms with Gasteiger partial charge in [-0.05, 0) is 79.2 Å². The molecule has 0 radical (unpaired) electrons. The standard InChI is InChI=1S/C31H24Cl3N3O3S/c1-19(29(38)36-26-12-6-11-25(33)28(26)34)41-24-15-13-23(14-16-24)35-31(40)27(18-20-7-5-10-22(32)17-20)37-30(39)21-8-3-2-4-9-21/h2-19H,1H3,(H,35,40)(H,36,38)(H,37,39)/b27-18-. The van der Waals surface area contributed by atoms with Crippen molar-refractivity contribution in [1.82, 2.24) is 5.32 Å². The van der Waals surface area contributed by atoms with Crippen molar-refractivity contribution in [3.8, 4) is 0 Å². The first-order valence-corrected chi connectivity index (χ1v) is 14.4. The molecule has 0 aliphatic rings. The molecule has 0 spiro atoms. The number of carbonyl (C=O) groups excluding carboxylic acids is 3. The molecule has 0 heterocycles. The van der Waals surface area contributed by atoms with Gasteiger partial charge in [0.15, 0.2) is 0 Å². The third-order valence-electron chi connectivity index (χ3n) is 5.69. The number of rotatable bonds is 9. The smallest absolute Gasteiger partial charge is 0.272 e. The van der Waals surface area contributed by atoms with Crippen molar-refractivity contribution in [2.75, 3.05) is 10.6 Å². The van der Waals surface area contributed by atoms with E-state index in [2.05, 4.69) is 16.0 Å². The maximum atomic E-state index is 13.2. The molecule has 6 nitrogen and oxygen atoms in total. The Hall–Kier alpha value is -3.75. The molecular formula is C31H24Cl3N3O3S. The highest BCUT2D eigenvalue weighted by Gasteiger charge is 2.18. The minimum atomic E-state index is -0.513. The molecule has 4 aromatic carbocycles. The van der Waals surface area contributed by atoms with E-state index in [1.165, 1.54) is 11.8 Å². The molecule has 0 fully saturated rings. The van der Waals surface area contributed by atoms with E-state index in [0.29, 0.717) is 32.5 Å². The Morgan fingerprint density at radius 1 is 0.805 bits per heavy atom. The average molecular weight is 625 g/mol. The van der Waals surface area contributed by atoms with Gasteiger partial charge in [0.2, 0.25) is 5.91 Å². The molecule has 0 saturated carbocycles. The van der Waals surface area contributed by atoms with Crippen LogP contribution >= 0.6 is 46.6 Å². The predicted octanol–water partition coefficient (Wildman–Crippen LogP) is 8.18. The van der Waals surface area contributed by atoms with Crippen molar-refractivity contribution >= 4 is 81.7 Å². The van der Waals surface area contributed by atoms with Crippen molar-refractivity contribution in [3.63, 3.8) is 0 Å². The van der Waals surface area contributed by atoms with Crippen LogP contribution in [-0.4, -0.2) is 23.0 Å². The minimum Gasteiger partial charge on any atom is -0.324 e. The summed E-state index contributed by atoms with van der Waals surface area (Å²) in [5.41, 5.74) is 2.05. The second kappa shape index (κ2) is 14.2. The van der Waals surface area contributed by atoms with Crippen molar-refractivity contribution in [2.24, 2.45) is 0 Å². The lowest BCUT2D eigenvalue weighted by Gasteiger charge is -2.14. The number of hydrogen-bond acceptors (Lipinski definition) is 4. The third kappa shape index (κ3) is 8.62. The van der Waals surface area contributed by atoms with E-state index in [1.807, 2.05) is 0 Å². The maximum absolute atomic E-state index is 13.2. The molecule has 1 atom stereocenters. The molecule has 0 aliphatic carbocycles. The van der Waals surface area contributed by atoms with E-state index in [4.69, 9.17) is 34.8 Å². The van der Waals surface area contributed by atoms with Crippen LogP contribution in [-0.2, 0) is 9.59 Å². The topological polar surface area (TPSA) is 87.3 Å². The van der Waals surface area contributed by atoms with Crippen molar-refractivity contribution in [3.05, 3.63) is 129 Å². The van der Waals surface area contributed by atoms with Gasteiger partial charge in [0, 0.05) is 21.2 Å². The van der Waals surface area contributed by atoms with Gasteiger partial charge in [0.05, 0.1) is 21.0 Å². The fourth-order valence-electron chi connectivity index (χ4n) is 3.61. The Kier molecular flexibility index (Phi) is 10.5. The predicted molar refractivity (Wildman–Crippen MR) is 169 cm³/mol. The molecule has 0 aliphatic heterocycles. The summed E-state index contributed by atoms with van der Waals surface area (Å²) >= 11 is 19.7. The van der Waals surface area contributed by atoms with Gasteiger partial charge >= 0.3 is 0 Å². The van der Waals surface area contributed by atoms with E-state index in [0.717, 1.165) is 4.90 Å². The molecule has 0 saturated heterocycles. The zero-order valence-electron chi connectivity index (χ0n) is 21.7. The molecular weight excluding hydrogens is 601 g/mol. The zero-order chi connectivity index (χ0) is 29.4. The van der Waals surface area contributed by atoms with Crippen LogP contribution in [0.3, 0.4) is 0 Å². The van der Waals surface area contributed by atoms with Gasteiger partial charge in [0.25, 0.3) is 11.8 Å². The SMILES string of the molecule is CC(Sc1ccc(NC(=O)/C(=C/c2cccc(Cl)c2)NC(=O)c2ccccc2)cc1)C(=O)Nc1cccc(Cl)c1Cl. The molecule has 3 N–H and O–H groups in total. The summed E-state index contributed by atoms with van der Waals surface area (Å²) in [4.78, 5) is 39.6. The second-order valence-corrected chi connectivity index (χ2v) is 11.4. The van der Waals surface area contributed by atoms with Crippen molar-refractivity contribution in [2.45, 2.75) is 17.1 Å². The first-order chi connectivity index (χ1) is 19.7. The number of hydrogen-bond donors (Lipinski definition) is 3. The lowest BCUT2D eigenvalue weighted by atomic mass is 10.1. The van der Waals surface area contributed by atoms with Crippen LogP contribution in [0.1, 0.15) is 22.8 Å². The molecule has 1 unspecified atom stereocenters. The van der Waals surface area contributed by atoms with E-state index >= 15 is 0 Å². The van der Waals surface area contributed by atoms with Crippen LogP contribution in [0.5, 0.6) is 0 Å². The Morgan fingerprint density at radius 3 is 2.22 bits per heavy atom. The molecule has 3 amide bonds. The lowest BCUT2D eigenvalue weighted by molar-refractivity contribution is -0.115. The normalized spacial score (nSPS) is 11.9. The summed E-state index contributed by atoms with van der Waals surface area (Å²) in [6.07, 6.45) is 1.55. The molecule has 0 bridgehead atoms. The van der Waals surface area contributed by atoms with E-state index in [9.17, 15) is 14.4 Å². The average Bonchev–Trinajstić information content (AvgIpc) is 2.96. The zero-order valence-corrected chi connectivity index (χ0v) is 24.7. The molecule has 4 aromatic rings. The highest BCUT2D eigenvalue weighted by Crippen LogP contribution is 2.31. The van der Waals surface area contributed by atoms with Crippen LogP contribution in [0.2, 0.25) is 15.1 Å². The van der Waals surface area contributed by atoms with Gasteiger partial charge < -0.3 is 16.0 Å². The first kappa shape index (κ1) is 30.2. The Balaban J connectivity index is 1.43. The summed E-state index contributed by atoms with van der Waals surface area (Å²) in [6.45, 7) is 1.77. The van der Waals surface area contributed by atoms with Gasteiger partial charge in [-0.2, -0.15) is 0 Å². The van der Waals surface area contributed by atoms with Crippen LogP contribution in [0.15, 0.2) is 108 Å². The van der Waals surface area contributed by atoms with Gasteiger partial charge in [-0.3, -0.25) is 14.4 Å². The number of nitrogens with one attached hydrogen (secondary N) is 3. The summed E-state index contributed by atoms with van der Waals surface area (Å²) in [6, 6.07) is 27.6.